The summed E-state index contributed by atoms with van der Waals surface area (Å²) < 4.78 is 38.8. The molecule has 3 heterocycles. The Labute approximate surface area is 162 Å². The minimum atomic E-state index is -4.46. The smallest absolute Gasteiger partial charge is 0.393 e. The fourth-order valence-corrected chi connectivity index (χ4v) is 4.95. The van der Waals surface area contributed by atoms with Crippen LogP contribution in [0.2, 0.25) is 0 Å². The van der Waals surface area contributed by atoms with Gasteiger partial charge in [-0.1, -0.05) is 6.07 Å². The maximum atomic E-state index is 13.2. The molecule has 1 aliphatic carbocycles. The molecule has 0 bridgehead atoms. The Hall–Kier alpha value is -1.83. The van der Waals surface area contributed by atoms with Crippen molar-refractivity contribution in [1.82, 2.24) is 9.88 Å². The van der Waals surface area contributed by atoms with Gasteiger partial charge in [-0.3, -0.25) is 4.79 Å². The number of likely N-dealkylation sites (tertiary alicyclic amines) is 1. The molecule has 5 nitrogen and oxygen atoms in total. The topological polar surface area (TPSA) is 56.7 Å². The Bertz CT molecular complexity index is 724. The fourth-order valence-electron chi connectivity index (χ4n) is 4.95. The summed E-state index contributed by atoms with van der Waals surface area (Å²) in [6.45, 7) is 1.83. The number of halogens is 3. The highest BCUT2D eigenvalue weighted by molar-refractivity contribution is 5.85. The minimum Gasteiger partial charge on any atom is -0.393 e. The number of piperidine rings is 1. The molecule has 28 heavy (non-hydrogen) atoms. The number of aromatic nitrogens is 1. The van der Waals surface area contributed by atoms with Gasteiger partial charge in [-0.25, -0.2) is 4.98 Å². The number of carbonyl (C=O) groups excluding carboxylic acids is 1. The average Bonchev–Trinajstić information content (AvgIpc) is 2.99. The van der Waals surface area contributed by atoms with Gasteiger partial charge in [-0.2, -0.15) is 13.2 Å². The molecule has 1 aromatic heterocycles. The molecule has 8 heteroatoms. The molecule has 154 valence electrons. The van der Waals surface area contributed by atoms with Crippen LogP contribution in [0.25, 0.3) is 0 Å². The molecule has 1 N–H and O–H groups in total. The lowest BCUT2D eigenvalue weighted by atomic mass is 9.77. The molecule has 2 saturated heterocycles. The second kappa shape index (κ2) is 7.21. The summed E-state index contributed by atoms with van der Waals surface area (Å²) in [6.07, 6.45) is 0.605. The summed E-state index contributed by atoms with van der Waals surface area (Å²) in [6, 6.07) is 4.19. The predicted octanol–water partition coefficient (Wildman–Crippen LogP) is 3.22. The second-order valence-corrected chi connectivity index (χ2v) is 8.36. The molecule has 3 fully saturated rings. The number of alkyl halides is 3. The van der Waals surface area contributed by atoms with Crippen molar-refractivity contribution in [2.24, 2.45) is 5.41 Å². The fraction of sp³-hybridized carbons (Fsp3) is 0.700. The van der Waals surface area contributed by atoms with Crippen LogP contribution in [0.4, 0.5) is 19.0 Å². The van der Waals surface area contributed by atoms with Gasteiger partial charge >= 0.3 is 6.18 Å². The molecular formula is C20H26F3N3O2. The van der Waals surface area contributed by atoms with Crippen molar-refractivity contribution in [2.45, 2.75) is 63.3 Å². The number of anilines is 1. The van der Waals surface area contributed by atoms with Gasteiger partial charge in [0.2, 0.25) is 5.91 Å². The Morgan fingerprint density at radius 2 is 1.68 bits per heavy atom. The van der Waals surface area contributed by atoms with Crippen LogP contribution in [-0.4, -0.2) is 52.7 Å². The van der Waals surface area contributed by atoms with Crippen LogP contribution in [0.5, 0.6) is 0 Å². The molecule has 1 amide bonds. The van der Waals surface area contributed by atoms with E-state index in [4.69, 9.17) is 0 Å². The molecule has 1 aromatic rings. The molecule has 0 unspecified atom stereocenters. The summed E-state index contributed by atoms with van der Waals surface area (Å²) in [5.74, 6) is 0.527. The third kappa shape index (κ3) is 3.58. The third-order valence-corrected chi connectivity index (χ3v) is 6.72. The Morgan fingerprint density at radius 1 is 1.04 bits per heavy atom. The van der Waals surface area contributed by atoms with Crippen LogP contribution in [0, 0.1) is 5.41 Å². The van der Waals surface area contributed by atoms with E-state index in [0.717, 1.165) is 44.7 Å². The normalized spacial score (nSPS) is 28.2. The number of nitrogens with zero attached hydrogens (tertiary/aromatic N) is 3. The van der Waals surface area contributed by atoms with Gasteiger partial charge in [0.25, 0.3) is 0 Å². The number of hydrogen-bond acceptors (Lipinski definition) is 4. The van der Waals surface area contributed by atoms with Crippen LogP contribution in [0.3, 0.4) is 0 Å². The lowest BCUT2D eigenvalue weighted by molar-refractivity contribution is -0.141. The zero-order valence-electron chi connectivity index (χ0n) is 15.8. The lowest BCUT2D eigenvalue weighted by Crippen LogP contribution is -2.47. The number of rotatable bonds is 2. The van der Waals surface area contributed by atoms with Gasteiger partial charge in [0, 0.05) is 25.7 Å². The molecule has 1 spiro atoms. The highest BCUT2D eigenvalue weighted by Crippen LogP contribution is 2.44. The van der Waals surface area contributed by atoms with Gasteiger partial charge < -0.3 is 14.9 Å². The molecule has 3 aliphatic rings. The first kappa shape index (κ1) is 19.5. The standard InChI is InChI=1S/C20H26F3N3O2/c21-20(22,23)16-2-1-3-17(24-16)25-11-8-19(9-12-25)10-13-26(18(19)28)14-4-6-15(27)7-5-14/h1-3,14-15,27H,4-13H2. The van der Waals surface area contributed by atoms with E-state index < -0.39 is 11.9 Å². The molecular weight excluding hydrogens is 371 g/mol. The summed E-state index contributed by atoms with van der Waals surface area (Å²) >= 11 is 0. The molecule has 0 radical (unpaired) electrons. The summed E-state index contributed by atoms with van der Waals surface area (Å²) in [5, 5.41) is 9.70. The second-order valence-electron chi connectivity index (χ2n) is 8.36. The van der Waals surface area contributed by atoms with Gasteiger partial charge in [0.1, 0.15) is 11.5 Å². The van der Waals surface area contributed by atoms with E-state index in [0.29, 0.717) is 31.7 Å². The molecule has 2 aliphatic heterocycles. The molecule has 0 aromatic carbocycles. The highest BCUT2D eigenvalue weighted by atomic mass is 19.4. The van der Waals surface area contributed by atoms with Crippen LogP contribution >= 0.6 is 0 Å². The predicted molar refractivity (Wildman–Crippen MR) is 97.7 cm³/mol. The van der Waals surface area contributed by atoms with Crippen LogP contribution < -0.4 is 4.90 Å². The Morgan fingerprint density at radius 3 is 2.32 bits per heavy atom. The van der Waals surface area contributed by atoms with Crippen molar-refractivity contribution in [2.75, 3.05) is 24.5 Å². The van der Waals surface area contributed by atoms with Gasteiger partial charge in [0.15, 0.2) is 0 Å². The van der Waals surface area contributed by atoms with Crippen molar-refractivity contribution < 1.29 is 23.1 Å². The monoisotopic (exact) mass is 397 g/mol. The van der Waals surface area contributed by atoms with Gasteiger partial charge in [-0.15, -0.1) is 0 Å². The van der Waals surface area contributed by atoms with Crippen molar-refractivity contribution >= 4 is 11.7 Å². The first-order chi connectivity index (χ1) is 13.3. The van der Waals surface area contributed by atoms with Gasteiger partial charge in [-0.05, 0) is 57.1 Å². The highest BCUT2D eigenvalue weighted by Gasteiger charge is 2.50. The van der Waals surface area contributed by atoms with E-state index >= 15 is 0 Å². The number of aliphatic hydroxyl groups excluding tert-OH is 1. The number of carbonyl (C=O) groups is 1. The van der Waals surface area contributed by atoms with Crippen molar-refractivity contribution in [3.63, 3.8) is 0 Å². The van der Waals surface area contributed by atoms with E-state index in [2.05, 4.69) is 4.98 Å². The number of amides is 1. The first-order valence-corrected chi connectivity index (χ1v) is 10.1. The summed E-state index contributed by atoms with van der Waals surface area (Å²) in [4.78, 5) is 20.8. The van der Waals surface area contributed by atoms with Crippen LogP contribution in [0.1, 0.15) is 50.6 Å². The number of pyridine rings is 1. The molecule has 1 saturated carbocycles. The Balaban J connectivity index is 1.41. The maximum absolute atomic E-state index is 13.2. The maximum Gasteiger partial charge on any atom is 0.433 e. The zero-order valence-corrected chi connectivity index (χ0v) is 15.8. The zero-order chi connectivity index (χ0) is 19.9. The third-order valence-electron chi connectivity index (χ3n) is 6.72. The quantitative estimate of drug-likeness (QED) is 0.833. The lowest BCUT2D eigenvalue weighted by Gasteiger charge is -2.40. The number of aliphatic hydroxyl groups is 1. The van der Waals surface area contributed by atoms with E-state index in [-0.39, 0.29) is 23.5 Å². The van der Waals surface area contributed by atoms with Crippen molar-refractivity contribution in [3.8, 4) is 0 Å². The van der Waals surface area contributed by atoms with E-state index in [1.807, 2.05) is 9.80 Å². The van der Waals surface area contributed by atoms with E-state index in [1.165, 1.54) is 6.07 Å². The van der Waals surface area contributed by atoms with E-state index in [9.17, 15) is 23.1 Å². The largest absolute Gasteiger partial charge is 0.433 e. The van der Waals surface area contributed by atoms with Crippen molar-refractivity contribution in [1.29, 1.82) is 0 Å². The first-order valence-electron chi connectivity index (χ1n) is 10.1. The minimum absolute atomic E-state index is 0.200. The summed E-state index contributed by atoms with van der Waals surface area (Å²) in [5.41, 5.74) is -1.26. The van der Waals surface area contributed by atoms with Crippen molar-refractivity contribution in [3.05, 3.63) is 23.9 Å². The van der Waals surface area contributed by atoms with Gasteiger partial charge in [0.05, 0.1) is 11.5 Å². The molecule has 4 rings (SSSR count). The van der Waals surface area contributed by atoms with E-state index in [1.54, 1.807) is 6.07 Å². The molecule has 0 atom stereocenters. The average molecular weight is 397 g/mol. The number of hydrogen-bond donors (Lipinski definition) is 1. The SMILES string of the molecule is O=C1N(C2CCC(O)CC2)CCC12CCN(c1cccc(C(F)(F)F)n1)CC2. The van der Waals surface area contributed by atoms with Crippen LogP contribution in [-0.2, 0) is 11.0 Å². The summed E-state index contributed by atoms with van der Waals surface area (Å²) in [7, 11) is 0. The van der Waals surface area contributed by atoms with Crippen LogP contribution in [0.15, 0.2) is 18.2 Å². The Kier molecular flexibility index (Phi) is 5.02.